The highest BCUT2D eigenvalue weighted by molar-refractivity contribution is 6.34. The number of nitrogens with one attached hydrogen (secondary N) is 2. The number of hydrogen-bond acceptors (Lipinski definition) is 3. The van der Waals surface area contributed by atoms with E-state index in [1.807, 2.05) is 54.2 Å². The van der Waals surface area contributed by atoms with Crippen LogP contribution in [0.25, 0.3) is 0 Å². The lowest BCUT2D eigenvalue weighted by atomic mass is 10.1. The summed E-state index contributed by atoms with van der Waals surface area (Å²) < 4.78 is 7.19. The molecular formula is C21H22Cl2N4O2. The number of aromatic nitrogens is 2. The summed E-state index contributed by atoms with van der Waals surface area (Å²) in [5.41, 5.74) is 1.83. The van der Waals surface area contributed by atoms with Gasteiger partial charge in [-0.2, -0.15) is 0 Å². The van der Waals surface area contributed by atoms with E-state index in [-0.39, 0.29) is 6.03 Å². The first-order valence-corrected chi connectivity index (χ1v) is 9.82. The molecular weight excluding hydrogens is 411 g/mol. The number of carbonyl (C=O) groups is 1. The molecule has 0 aliphatic carbocycles. The lowest BCUT2D eigenvalue weighted by Crippen LogP contribution is -2.40. The highest BCUT2D eigenvalue weighted by Crippen LogP contribution is 2.24. The molecule has 0 spiro atoms. The topological polar surface area (TPSA) is 68.2 Å². The molecule has 0 bridgehead atoms. The van der Waals surface area contributed by atoms with Crippen molar-refractivity contribution in [3.8, 4) is 5.75 Å². The van der Waals surface area contributed by atoms with Crippen LogP contribution in [-0.4, -0.2) is 29.2 Å². The van der Waals surface area contributed by atoms with Crippen LogP contribution in [0.1, 0.15) is 23.0 Å². The van der Waals surface area contributed by atoms with Gasteiger partial charge in [0.15, 0.2) is 0 Å². The summed E-state index contributed by atoms with van der Waals surface area (Å²) in [6.45, 7) is 0.438. The monoisotopic (exact) mass is 432 g/mol. The summed E-state index contributed by atoms with van der Waals surface area (Å²) in [6, 6.07) is 12.2. The summed E-state index contributed by atoms with van der Waals surface area (Å²) in [7, 11) is 3.50. The van der Waals surface area contributed by atoms with Crippen molar-refractivity contribution in [3.63, 3.8) is 0 Å². The Morgan fingerprint density at radius 1 is 1.21 bits per heavy atom. The normalized spacial score (nSPS) is 11.7. The summed E-state index contributed by atoms with van der Waals surface area (Å²) in [4.78, 5) is 17.0. The summed E-state index contributed by atoms with van der Waals surface area (Å²) in [5.74, 6) is 1.43. The molecule has 0 fully saturated rings. The van der Waals surface area contributed by atoms with Gasteiger partial charge in [-0.15, -0.1) is 0 Å². The van der Waals surface area contributed by atoms with Gasteiger partial charge in [-0.05, 0) is 47.9 Å². The van der Waals surface area contributed by atoms with Gasteiger partial charge >= 0.3 is 6.03 Å². The van der Waals surface area contributed by atoms with Crippen LogP contribution in [-0.2, 0) is 13.5 Å². The highest BCUT2D eigenvalue weighted by Gasteiger charge is 2.21. The third kappa shape index (κ3) is 5.65. The number of hydrogen-bond donors (Lipinski definition) is 2. The zero-order valence-corrected chi connectivity index (χ0v) is 17.7. The van der Waals surface area contributed by atoms with Gasteiger partial charge in [-0.25, -0.2) is 9.78 Å². The number of aryl methyl sites for hydroxylation is 1. The van der Waals surface area contributed by atoms with Crippen LogP contribution >= 0.6 is 23.2 Å². The minimum absolute atomic E-state index is 0.297. The number of carbonyl (C=O) groups excluding carboxylic acids is 1. The van der Waals surface area contributed by atoms with E-state index in [0.29, 0.717) is 28.8 Å². The summed E-state index contributed by atoms with van der Waals surface area (Å²) in [6.07, 6.45) is 4.15. The number of urea groups is 1. The first-order valence-electron chi connectivity index (χ1n) is 9.07. The standard InChI is InChI=1S/C21H22Cl2N4O2/c1-27-9-8-24-20(27)19(15-4-3-5-18(12-15)29-2)26-21(28)25-7-6-14-10-16(22)13-17(23)11-14/h3-5,8-13,19H,6-7H2,1-2H3,(H2,25,26,28). The molecule has 3 rings (SSSR count). The maximum absolute atomic E-state index is 12.6. The number of ether oxygens (including phenoxy) is 1. The smallest absolute Gasteiger partial charge is 0.315 e. The van der Waals surface area contributed by atoms with E-state index in [1.165, 1.54) is 0 Å². The minimum atomic E-state index is -0.425. The Bertz CT molecular complexity index is 970. The fraction of sp³-hybridized carbons (Fsp3) is 0.238. The Balaban J connectivity index is 1.69. The first kappa shape index (κ1) is 21.0. The van der Waals surface area contributed by atoms with Crippen molar-refractivity contribution in [1.82, 2.24) is 20.2 Å². The van der Waals surface area contributed by atoms with Crippen LogP contribution in [0.15, 0.2) is 54.9 Å². The number of rotatable bonds is 7. The first-order chi connectivity index (χ1) is 14.0. The van der Waals surface area contributed by atoms with E-state index in [1.54, 1.807) is 19.4 Å². The second-order valence-corrected chi connectivity index (χ2v) is 7.41. The average molecular weight is 433 g/mol. The molecule has 29 heavy (non-hydrogen) atoms. The number of benzene rings is 2. The maximum Gasteiger partial charge on any atom is 0.315 e. The summed E-state index contributed by atoms with van der Waals surface area (Å²) in [5, 5.41) is 7.02. The predicted octanol–water partition coefficient (Wildman–Crippen LogP) is 4.37. The van der Waals surface area contributed by atoms with Gasteiger partial charge in [0.1, 0.15) is 17.6 Å². The molecule has 0 aliphatic rings. The number of imidazole rings is 1. The van der Waals surface area contributed by atoms with Gasteiger partial charge in [0, 0.05) is 36.0 Å². The lowest BCUT2D eigenvalue weighted by molar-refractivity contribution is 0.238. The molecule has 2 aromatic carbocycles. The fourth-order valence-electron chi connectivity index (χ4n) is 3.03. The van der Waals surface area contributed by atoms with Gasteiger partial charge < -0.3 is 19.9 Å². The van der Waals surface area contributed by atoms with E-state index in [9.17, 15) is 4.79 Å². The molecule has 1 aromatic heterocycles. The van der Waals surface area contributed by atoms with Crippen LogP contribution < -0.4 is 15.4 Å². The number of nitrogens with zero attached hydrogens (tertiary/aromatic N) is 2. The zero-order valence-electron chi connectivity index (χ0n) is 16.2. The van der Waals surface area contributed by atoms with Gasteiger partial charge in [0.2, 0.25) is 0 Å². The SMILES string of the molecule is COc1cccc(C(NC(=O)NCCc2cc(Cl)cc(Cl)c2)c2nccn2C)c1. The molecule has 8 heteroatoms. The van der Waals surface area contributed by atoms with Gasteiger partial charge in [-0.3, -0.25) is 0 Å². The maximum atomic E-state index is 12.6. The molecule has 2 amide bonds. The van der Waals surface area contributed by atoms with Crippen molar-refractivity contribution >= 4 is 29.2 Å². The largest absolute Gasteiger partial charge is 0.497 e. The van der Waals surface area contributed by atoms with Crippen molar-refractivity contribution in [2.45, 2.75) is 12.5 Å². The predicted molar refractivity (Wildman–Crippen MR) is 115 cm³/mol. The molecule has 6 nitrogen and oxygen atoms in total. The van der Waals surface area contributed by atoms with Crippen molar-refractivity contribution < 1.29 is 9.53 Å². The number of amides is 2. The molecule has 0 radical (unpaired) electrons. The van der Waals surface area contributed by atoms with Crippen LogP contribution in [0.4, 0.5) is 4.79 Å². The number of methoxy groups -OCH3 is 1. The lowest BCUT2D eigenvalue weighted by Gasteiger charge is -2.20. The van der Waals surface area contributed by atoms with E-state index in [0.717, 1.165) is 17.0 Å². The minimum Gasteiger partial charge on any atom is -0.497 e. The molecule has 0 aliphatic heterocycles. The molecule has 3 aromatic rings. The Kier molecular flexibility index (Phi) is 7.01. The third-order valence-electron chi connectivity index (χ3n) is 4.44. The number of halogens is 2. The van der Waals surface area contributed by atoms with Crippen LogP contribution in [0.5, 0.6) is 5.75 Å². The molecule has 1 unspecified atom stereocenters. The molecule has 0 saturated carbocycles. The van der Waals surface area contributed by atoms with E-state index >= 15 is 0 Å². The Labute approximate surface area is 179 Å². The van der Waals surface area contributed by atoms with Crippen LogP contribution in [0.3, 0.4) is 0 Å². The Hall–Kier alpha value is -2.70. The van der Waals surface area contributed by atoms with Crippen molar-refractivity contribution in [1.29, 1.82) is 0 Å². The van der Waals surface area contributed by atoms with Gasteiger partial charge in [0.25, 0.3) is 0 Å². The highest BCUT2D eigenvalue weighted by atomic mass is 35.5. The fourth-order valence-corrected chi connectivity index (χ4v) is 3.60. The molecule has 0 saturated heterocycles. The van der Waals surface area contributed by atoms with Crippen LogP contribution in [0.2, 0.25) is 10.0 Å². The van der Waals surface area contributed by atoms with Crippen LogP contribution in [0, 0.1) is 0 Å². The quantitative estimate of drug-likeness (QED) is 0.582. The molecule has 1 atom stereocenters. The second kappa shape index (κ2) is 9.67. The van der Waals surface area contributed by atoms with Gasteiger partial charge in [-0.1, -0.05) is 35.3 Å². The van der Waals surface area contributed by atoms with Crippen molar-refractivity contribution in [2.24, 2.45) is 7.05 Å². The average Bonchev–Trinajstić information content (AvgIpc) is 3.11. The second-order valence-electron chi connectivity index (χ2n) is 6.53. The van der Waals surface area contributed by atoms with E-state index in [2.05, 4.69) is 15.6 Å². The van der Waals surface area contributed by atoms with E-state index < -0.39 is 6.04 Å². The van der Waals surface area contributed by atoms with E-state index in [4.69, 9.17) is 27.9 Å². The molecule has 2 N–H and O–H groups in total. The Morgan fingerprint density at radius 2 is 1.97 bits per heavy atom. The van der Waals surface area contributed by atoms with Crippen molar-refractivity contribution in [3.05, 3.63) is 81.9 Å². The third-order valence-corrected chi connectivity index (χ3v) is 4.88. The molecule has 152 valence electrons. The molecule has 1 heterocycles. The zero-order chi connectivity index (χ0) is 20.8. The summed E-state index contributed by atoms with van der Waals surface area (Å²) >= 11 is 12.0. The Morgan fingerprint density at radius 3 is 2.62 bits per heavy atom. The van der Waals surface area contributed by atoms with Crippen molar-refractivity contribution in [2.75, 3.05) is 13.7 Å². The van der Waals surface area contributed by atoms with Gasteiger partial charge in [0.05, 0.1) is 7.11 Å².